The van der Waals surface area contributed by atoms with Crippen LogP contribution in [0.4, 0.5) is 0 Å². The van der Waals surface area contributed by atoms with Crippen molar-refractivity contribution in [2.75, 3.05) is 19.7 Å². The number of nitrogens with zero attached hydrogens (tertiary/aromatic N) is 3. The zero-order chi connectivity index (χ0) is 18.0. The van der Waals surface area contributed by atoms with Crippen LogP contribution in [-0.2, 0) is 18.2 Å². The predicted octanol–water partition coefficient (Wildman–Crippen LogP) is 3.89. The number of ether oxygens (including phenoxy) is 1. The van der Waals surface area contributed by atoms with E-state index in [0.717, 1.165) is 24.1 Å². The third kappa shape index (κ3) is 4.00. The molecule has 1 aromatic carbocycles. The van der Waals surface area contributed by atoms with Gasteiger partial charge in [-0.3, -0.25) is 9.48 Å². The summed E-state index contributed by atoms with van der Waals surface area (Å²) in [7, 11) is 1.81. The Morgan fingerprint density at radius 2 is 2.12 bits per heavy atom. The van der Waals surface area contributed by atoms with E-state index in [9.17, 15) is 4.79 Å². The molecule has 1 atom stereocenters. The first-order chi connectivity index (χ1) is 12.0. The number of benzene rings is 1. The topological polar surface area (TPSA) is 47.4 Å². The van der Waals surface area contributed by atoms with E-state index in [-0.39, 0.29) is 12.0 Å². The molecule has 2 aromatic rings. The number of hydrogen-bond acceptors (Lipinski definition) is 3. The fraction of sp³-hybridized carbons (Fsp3) is 0.444. The minimum absolute atomic E-state index is 0.0225. The normalized spacial score (nSPS) is 17.8. The number of rotatable bonds is 4. The highest BCUT2D eigenvalue weighted by atomic mass is 35.5. The van der Waals surface area contributed by atoms with Crippen LogP contribution in [0.15, 0.2) is 24.3 Å². The maximum absolute atomic E-state index is 12.9. The Hall–Kier alpha value is -1.56. The SMILES string of the molecule is CCCc1cc(C(=O)N2CCO[C@H](c3ccc(Cl)c(Cl)c3)C2)n(C)n1. The summed E-state index contributed by atoms with van der Waals surface area (Å²) in [5.74, 6) is -0.0225. The van der Waals surface area contributed by atoms with Crippen molar-refractivity contribution in [1.29, 1.82) is 0 Å². The Morgan fingerprint density at radius 3 is 2.84 bits per heavy atom. The average molecular weight is 382 g/mol. The van der Waals surface area contributed by atoms with Crippen LogP contribution in [-0.4, -0.2) is 40.3 Å². The van der Waals surface area contributed by atoms with Gasteiger partial charge in [-0.05, 0) is 30.2 Å². The Balaban J connectivity index is 1.76. The average Bonchev–Trinajstić information content (AvgIpc) is 2.97. The number of aryl methyl sites for hydroxylation is 2. The number of carbonyl (C=O) groups is 1. The molecule has 1 aliphatic heterocycles. The van der Waals surface area contributed by atoms with Gasteiger partial charge in [0.05, 0.1) is 28.9 Å². The molecule has 1 fully saturated rings. The number of aromatic nitrogens is 2. The molecule has 0 spiro atoms. The zero-order valence-corrected chi connectivity index (χ0v) is 15.8. The van der Waals surface area contributed by atoms with Gasteiger partial charge < -0.3 is 9.64 Å². The molecule has 0 aliphatic carbocycles. The van der Waals surface area contributed by atoms with E-state index in [2.05, 4.69) is 12.0 Å². The fourth-order valence-corrected chi connectivity index (χ4v) is 3.32. The molecule has 1 aromatic heterocycles. The summed E-state index contributed by atoms with van der Waals surface area (Å²) in [6.45, 7) is 3.62. The van der Waals surface area contributed by atoms with Gasteiger partial charge in [-0.2, -0.15) is 5.10 Å². The van der Waals surface area contributed by atoms with Crippen LogP contribution in [0.25, 0.3) is 0 Å². The van der Waals surface area contributed by atoms with Crippen molar-refractivity contribution in [2.45, 2.75) is 25.9 Å². The maximum atomic E-state index is 12.9. The molecule has 1 aliphatic rings. The van der Waals surface area contributed by atoms with E-state index >= 15 is 0 Å². The summed E-state index contributed by atoms with van der Waals surface area (Å²) in [5, 5.41) is 5.42. The predicted molar refractivity (Wildman–Crippen MR) is 98.3 cm³/mol. The molecule has 0 radical (unpaired) electrons. The van der Waals surface area contributed by atoms with E-state index < -0.39 is 0 Å². The van der Waals surface area contributed by atoms with Gasteiger partial charge in [-0.25, -0.2) is 0 Å². The molecule has 134 valence electrons. The van der Waals surface area contributed by atoms with Crippen molar-refractivity contribution in [3.8, 4) is 0 Å². The van der Waals surface area contributed by atoms with E-state index in [4.69, 9.17) is 27.9 Å². The lowest BCUT2D eigenvalue weighted by molar-refractivity contribution is -0.0231. The van der Waals surface area contributed by atoms with Crippen molar-refractivity contribution in [2.24, 2.45) is 7.05 Å². The van der Waals surface area contributed by atoms with Gasteiger partial charge >= 0.3 is 0 Å². The Labute approximate surface area is 157 Å². The molecule has 0 bridgehead atoms. The zero-order valence-electron chi connectivity index (χ0n) is 14.3. The quantitative estimate of drug-likeness (QED) is 0.806. The lowest BCUT2D eigenvalue weighted by atomic mass is 10.1. The molecule has 5 nitrogen and oxygen atoms in total. The van der Waals surface area contributed by atoms with Crippen LogP contribution in [0.3, 0.4) is 0 Å². The lowest BCUT2D eigenvalue weighted by Crippen LogP contribution is -2.42. The van der Waals surface area contributed by atoms with Crippen LogP contribution < -0.4 is 0 Å². The molecular weight excluding hydrogens is 361 g/mol. The monoisotopic (exact) mass is 381 g/mol. The number of halogens is 2. The molecule has 1 saturated heterocycles. The third-order valence-corrected chi connectivity index (χ3v) is 5.06. The number of morpholine rings is 1. The van der Waals surface area contributed by atoms with Gasteiger partial charge in [-0.1, -0.05) is 42.6 Å². The van der Waals surface area contributed by atoms with Gasteiger partial charge in [0.2, 0.25) is 0 Å². The summed E-state index contributed by atoms with van der Waals surface area (Å²) in [6.07, 6.45) is 1.66. The number of hydrogen-bond donors (Lipinski definition) is 0. The second kappa shape index (κ2) is 7.77. The van der Waals surface area contributed by atoms with Gasteiger partial charge in [0.15, 0.2) is 0 Å². The highest BCUT2D eigenvalue weighted by Gasteiger charge is 2.28. The fourth-order valence-electron chi connectivity index (χ4n) is 3.02. The smallest absolute Gasteiger partial charge is 0.272 e. The highest BCUT2D eigenvalue weighted by Crippen LogP contribution is 2.29. The minimum atomic E-state index is -0.212. The summed E-state index contributed by atoms with van der Waals surface area (Å²) < 4.78 is 7.49. The first-order valence-electron chi connectivity index (χ1n) is 8.38. The first kappa shape index (κ1) is 18.2. The summed E-state index contributed by atoms with van der Waals surface area (Å²) >= 11 is 12.1. The minimum Gasteiger partial charge on any atom is -0.370 e. The second-order valence-corrected chi connectivity index (χ2v) is 6.99. The molecule has 25 heavy (non-hydrogen) atoms. The van der Waals surface area contributed by atoms with Gasteiger partial charge in [0, 0.05) is 13.6 Å². The van der Waals surface area contributed by atoms with Crippen molar-refractivity contribution in [3.05, 3.63) is 51.3 Å². The molecule has 2 heterocycles. The maximum Gasteiger partial charge on any atom is 0.272 e. The second-order valence-electron chi connectivity index (χ2n) is 6.18. The van der Waals surface area contributed by atoms with Crippen LogP contribution in [0.2, 0.25) is 10.0 Å². The van der Waals surface area contributed by atoms with Gasteiger partial charge in [-0.15, -0.1) is 0 Å². The number of amides is 1. The first-order valence-corrected chi connectivity index (χ1v) is 9.14. The molecule has 0 N–H and O–H groups in total. The molecule has 3 rings (SSSR count). The largest absolute Gasteiger partial charge is 0.370 e. The van der Waals surface area contributed by atoms with Crippen molar-refractivity contribution in [1.82, 2.24) is 14.7 Å². The van der Waals surface area contributed by atoms with Crippen LogP contribution in [0.1, 0.15) is 41.2 Å². The van der Waals surface area contributed by atoms with Crippen molar-refractivity contribution < 1.29 is 9.53 Å². The standard InChI is InChI=1S/C18H21Cl2N3O2/c1-3-4-13-10-16(22(2)21-13)18(24)23-7-8-25-17(11-23)12-5-6-14(19)15(20)9-12/h5-6,9-10,17H,3-4,7-8,11H2,1-2H3/t17-/m0/s1. The van der Waals surface area contributed by atoms with Gasteiger partial charge in [0.25, 0.3) is 5.91 Å². The molecule has 0 unspecified atom stereocenters. The molecule has 0 saturated carbocycles. The molecular formula is C18H21Cl2N3O2. The Kier molecular flexibility index (Phi) is 5.67. The van der Waals surface area contributed by atoms with E-state index in [1.807, 2.05) is 24.1 Å². The van der Waals surface area contributed by atoms with Crippen molar-refractivity contribution in [3.63, 3.8) is 0 Å². The van der Waals surface area contributed by atoms with Crippen LogP contribution in [0.5, 0.6) is 0 Å². The van der Waals surface area contributed by atoms with Crippen LogP contribution >= 0.6 is 23.2 Å². The molecule has 7 heteroatoms. The van der Waals surface area contributed by atoms with E-state index in [1.54, 1.807) is 16.8 Å². The van der Waals surface area contributed by atoms with E-state index in [1.165, 1.54) is 0 Å². The number of carbonyl (C=O) groups excluding carboxylic acids is 1. The Bertz CT molecular complexity index is 776. The summed E-state index contributed by atoms with van der Waals surface area (Å²) in [6, 6.07) is 7.32. The van der Waals surface area contributed by atoms with Gasteiger partial charge in [0.1, 0.15) is 11.8 Å². The third-order valence-electron chi connectivity index (χ3n) is 4.32. The molecule has 1 amide bonds. The summed E-state index contributed by atoms with van der Waals surface area (Å²) in [4.78, 5) is 14.7. The summed E-state index contributed by atoms with van der Waals surface area (Å²) in [5.41, 5.74) is 2.48. The van der Waals surface area contributed by atoms with Crippen LogP contribution in [0, 0.1) is 0 Å². The highest BCUT2D eigenvalue weighted by molar-refractivity contribution is 6.42. The van der Waals surface area contributed by atoms with E-state index in [0.29, 0.717) is 35.4 Å². The van der Waals surface area contributed by atoms with Crippen molar-refractivity contribution >= 4 is 29.1 Å². The lowest BCUT2D eigenvalue weighted by Gasteiger charge is -2.33. The Morgan fingerprint density at radius 1 is 1.32 bits per heavy atom.